The Labute approximate surface area is 286 Å². The van der Waals surface area contributed by atoms with Gasteiger partial charge in [0.05, 0.1) is 12.6 Å². The van der Waals surface area contributed by atoms with Gasteiger partial charge in [-0.2, -0.15) is 0 Å². The Hall–Kier alpha value is -2.97. The molecule has 0 saturated heterocycles. The molecule has 0 spiro atoms. The summed E-state index contributed by atoms with van der Waals surface area (Å²) < 4.78 is 17.9. The standard InChI is InChI=1S/C40H57NO7/c1-24(2)12-11-15-28(37(45)46-23-27-13-9-8-10-14-27)35-30-20-31(43)36-38(5)18-17-32(48-34(44)22-41)25(3)29(38)16-19-39(36,6)40(30,7)21-33(35)47-26(4)42/h8-10,12-14,25,29-33,36,43H,11,15-23,41H2,1-7H3/b35-28-/t25-,29-,30-,31+,32+,33-,36-,38-,39-,40-/m0/s1. The highest BCUT2D eigenvalue weighted by Crippen LogP contribution is 2.74. The molecular formula is C40H57NO7. The maximum absolute atomic E-state index is 14.1. The minimum atomic E-state index is -0.610. The van der Waals surface area contributed by atoms with Crippen molar-refractivity contribution in [2.75, 3.05) is 6.54 Å². The van der Waals surface area contributed by atoms with Crippen LogP contribution in [0, 0.1) is 39.9 Å². The minimum absolute atomic E-state index is 0.00454. The lowest BCUT2D eigenvalue weighted by atomic mass is 9.36. The fourth-order valence-electron chi connectivity index (χ4n) is 11.0. The predicted molar refractivity (Wildman–Crippen MR) is 184 cm³/mol. The molecule has 1 aromatic carbocycles. The highest BCUT2D eigenvalue weighted by atomic mass is 16.6. The molecule has 4 aliphatic rings. The van der Waals surface area contributed by atoms with Gasteiger partial charge < -0.3 is 25.1 Å². The van der Waals surface area contributed by atoms with Crippen LogP contribution in [-0.4, -0.2) is 47.9 Å². The summed E-state index contributed by atoms with van der Waals surface area (Å²) in [7, 11) is 0. The maximum atomic E-state index is 14.1. The van der Waals surface area contributed by atoms with E-state index in [9.17, 15) is 19.5 Å². The summed E-state index contributed by atoms with van der Waals surface area (Å²) in [4.78, 5) is 38.9. The highest BCUT2D eigenvalue weighted by Gasteiger charge is 2.71. The Balaban J connectivity index is 1.54. The topological polar surface area (TPSA) is 125 Å². The van der Waals surface area contributed by atoms with Crippen LogP contribution < -0.4 is 5.73 Å². The van der Waals surface area contributed by atoms with Crippen molar-refractivity contribution in [3.05, 3.63) is 58.7 Å². The number of aliphatic hydroxyl groups is 1. The molecule has 0 bridgehead atoms. The Kier molecular flexibility index (Phi) is 10.7. The smallest absolute Gasteiger partial charge is 0.334 e. The SMILES string of the molecule is CC(=O)O[C@H]1C[C@@]2(C)[C@@H](C[C@@H](O)[C@H]3[C@@]4(C)CC[C@@H](OC(=O)CN)[C@@H](C)[C@@H]4CC[C@@]32C)/C1=C(\CCC=C(C)C)C(=O)OCc1ccccc1. The summed E-state index contributed by atoms with van der Waals surface area (Å²) in [5.74, 6) is -0.849. The maximum Gasteiger partial charge on any atom is 0.334 e. The number of rotatable bonds is 9. The Morgan fingerprint density at radius 3 is 2.35 bits per heavy atom. The van der Waals surface area contributed by atoms with Gasteiger partial charge in [-0.25, -0.2) is 4.79 Å². The molecule has 0 heterocycles. The van der Waals surface area contributed by atoms with Gasteiger partial charge in [0.25, 0.3) is 0 Å². The summed E-state index contributed by atoms with van der Waals surface area (Å²) in [6.45, 7) is 14.7. The van der Waals surface area contributed by atoms with E-state index in [-0.39, 0.29) is 77.1 Å². The van der Waals surface area contributed by atoms with Gasteiger partial charge in [0.2, 0.25) is 0 Å². The second-order valence-electron chi connectivity index (χ2n) is 16.1. The molecule has 4 saturated carbocycles. The molecule has 4 aliphatic carbocycles. The summed E-state index contributed by atoms with van der Waals surface area (Å²) in [5, 5.41) is 12.3. The summed E-state index contributed by atoms with van der Waals surface area (Å²) in [5.41, 5.74) is 8.27. The van der Waals surface area contributed by atoms with E-state index in [1.54, 1.807) is 0 Å². The normalized spacial score (nSPS) is 38.1. The number of hydrogen-bond acceptors (Lipinski definition) is 8. The molecule has 10 atom stereocenters. The van der Waals surface area contributed by atoms with E-state index < -0.39 is 12.2 Å². The summed E-state index contributed by atoms with van der Waals surface area (Å²) in [6, 6.07) is 9.64. The third-order valence-corrected chi connectivity index (χ3v) is 13.2. The van der Waals surface area contributed by atoms with Gasteiger partial charge in [-0.15, -0.1) is 0 Å². The van der Waals surface area contributed by atoms with Gasteiger partial charge in [-0.3, -0.25) is 9.59 Å². The fraction of sp³-hybridized carbons (Fsp3) is 0.675. The average Bonchev–Trinajstić information content (AvgIpc) is 3.30. The zero-order valence-electron chi connectivity index (χ0n) is 30.1. The molecule has 0 aliphatic heterocycles. The Bertz CT molecular complexity index is 1430. The van der Waals surface area contributed by atoms with Crippen LogP contribution in [0.1, 0.15) is 105 Å². The molecule has 48 heavy (non-hydrogen) atoms. The zero-order chi connectivity index (χ0) is 35.0. The number of carbonyl (C=O) groups excluding carboxylic acids is 3. The van der Waals surface area contributed by atoms with Gasteiger partial charge in [0.15, 0.2) is 0 Å². The van der Waals surface area contributed by atoms with Crippen molar-refractivity contribution in [2.45, 2.75) is 125 Å². The first-order valence-electron chi connectivity index (χ1n) is 18.0. The number of carbonyl (C=O) groups is 3. The number of fused-ring (bicyclic) bond motifs is 5. The third-order valence-electron chi connectivity index (χ3n) is 13.2. The van der Waals surface area contributed by atoms with Gasteiger partial charge in [0, 0.05) is 12.5 Å². The van der Waals surface area contributed by atoms with E-state index in [0.29, 0.717) is 31.3 Å². The van der Waals surface area contributed by atoms with Crippen LogP contribution in [0.25, 0.3) is 0 Å². The molecule has 0 amide bonds. The fourth-order valence-corrected chi connectivity index (χ4v) is 11.0. The van der Waals surface area contributed by atoms with Crippen LogP contribution in [-0.2, 0) is 35.2 Å². The van der Waals surface area contributed by atoms with Crippen LogP contribution in [0.3, 0.4) is 0 Å². The Morgan fingerprint density at radius 1 is 1.00 bits per heavy atom. The van der Waals surface area contributed by atoms with E-state index in [4.69, 9.17) is 19.9 Å². The van der Waals surface area contributed by atoms with Crippen LogP contribution in [0.5, 0.6) is 0 Å². The number of allylic oxidation sites excluding steroid dienone is 2. The van der Waals surface area contributed by atoms with Crippen molar-refractivity contribution in [2.24, 2.45) is 45.7 Å². The van der Waals surface area contributed by atoms with E-state index in [2.05, 4.69) is 33.8 Å². The number of esters is 3. The number of ether oxygens (including phenoxy) is 3. The highest BCUT2D eigenvalue weighted by molar-refractivity contribution is 5.90. The van der Waals surface area contributed by atoms with Crippen molar-refractivity contribution in [1.29, 1.82) is 0 Å². The van der Waals surface area contributed by atoms with E-state index in [1.165, 1.54) is 12.5 Å². The first kappa shape index (κ1) is 36.3. The van der Waals surface area contributed by atoms with Crippen molar-refractivity contribution in [3.63, 3.8) is 0 Å². The van der Waals surface area contributed by atoms with E-state index in [0.717, 1.165) is 36.8 Å². The number of hydrogen-bond donors (Lipinski definition) is 2. The van der Waals surface area contributed by atoms with E-state index in [1.807, 2.05) is 44.2 Å². The minimum Gasteiger partial charge on any atom is -0.461 e. The molecule has 0 unspecified atom stereocenters. The lowest BCUT2D eigenvalue weighted by molar-refractivity contribution is -0.236. The molecule has 8 nitrogen and oxygen atoms in total. The third kappa shape index (κ3) is 6.51. The van der Waals surface area contributed by atoms with Crippen molar-refractivity contribution >= 4 is 17.9 Å². The van der Waals surface area contributed by atoms with Gasteiger partial charge in [-0.05, 0) is 116 Å². The number of benzene rings is 1. The molecule has 0 radical (unpaired) electrons. The molecule has 0 aromatic heterocycles. The lowest BCUT2D eigenvalue weighted by Crippen LogP contribution is -2.65. The largest absolute Gasteiger partial charge is 0.461 e. The van der Waals surface area contributed by atoms with Crippen molar-refractivity contribution in [3.8, 4) is 0 Å². The van der Waals surface area contributed by atoms with Crippen molar-refractivity contribution < 1.29 is 33.7 Å². The number of aliphatic hydroxyl groups excluding tert-OH is 1. The van der Waals surface area contributed by atoms with Gasteiger partial charge in [0.1, 0.15) is 18.8 Å². The zero-order valence-corrected chi connectivity index (χ0v) is 30.1. The van der Waals surface area contributed by atoms with Gasteiger partial charge in [-0.1, -0.05) is 69.7 Å². The van der Waals surface area contributed by atoms with Crippen molar-refractivity contribution in [1.82, 2.24) is 0 Å². The van der Waals surface area contributed by atoms with Crippen LogP contribution in [0.15, 0.2) is 53.1 Å². The first-order chi connectivity index (χ1) is 22.7. The average molecular weight is 664 g/mol. The quantitative estimate of drug-likeness (QED) is 0.127. The molecule has 4 fully saturated rings. The molecular weight excluding hydrogens is 606 g/mol. The molecule has 5 rings (SSSR count). The second kappa shape index (κ2) is 14.1. The Morgan fingerprint density at radius 2 is 1.71 bits per heavy atom. The first-order valence-corrected chi connectivity index (χ1v) is 18.0. The molecule has 1 aromatic rings. The lowest BCUT2D eigenvalue weighted by Gasteiger charge is -2.69. The summed E-state index contributed by atoms with van der Waals surface area (Å²) >= 11 is 0. The van der Waals surface area contributed by atoms with Crippen LogP contribution >= 0.6 is 0 Å². The predicted octanol–water partition coefficient (Wildman–Crippen LogP) is 6.83. The second-order valence-corrected chi connectivity index (χ2v) is 16.1. The monoisotopic (exact) mass is 663 g/mol. The van der Waals surface area contributed by atoms with Crippen LogP contribution in [0.2, 0.25) is 0 Å². The van der Waals surface area contributed by atoms with Crippen LogP contribution in [0.4, 0.5) is 0 Å². The van der Waals surface area contributed by atoms with E-state index >= 15 is 0 Å². The molecule has 3 N–H and O–H groups in total. The molecule has 264 valence electrons. The van der Waals surface area contributed by atoms with Gasteiger partial charge >= 0.3 is 17.9 Å². The summed E-state index contributed by atoms with van der Waals surface area (Å²) in [6.07, 6.45) is 6.40. The number of nitrogens with two attached hydrogens (primary N) is 1. The molecule has 8 heteroatoms.